The van der Waals surface area contributed by atoms with E-state index in [0.29, 0.717) is 16.8 Å². The molecule has 8 heteroatoms. The molecule has 0 aliphatic heterocycles. The number of alkyl halides is 3. The maximum absolute atomic E-state index is 12.8. The van der Waals surface area contributed by atoms with Crippen LogP contribution in [-0.2, 0) is 6.18 Å². The van der Waals surface area contributed by atoms with E-state index in [-0.39, 0.29) is 0 Å². The highest BCUT2D eigenvalue weighted by Crippen LogP contribution is 2.30. The summed E-state index contributed by atoms with van der Waals surface area (Å²) in [5, 5.41) is 4.99. The van der Waals surface area contributed by atoms with Crippen LogP contribution < -0.4 is 16.4 Å². The molecule has 25 heavy (non-hydrogen) atoms. The third-order valence-electron chi connectivity index (χ3n) is 3.48. The molecule has 0 radical (unpaired) electrons. The molecule has 2 rings (SSSR count). The van der Waals surface area contributed by atoms with Gasteiger partial charge in [0.2, 0.25) is 0 Å². The highest BCUT2D eigenvalue weighted by molar-refractivity contribution is 5.95. The average molecular weight is 351 g/mol. The molecule has 0 aliphatic rings. The Balaban J connectivity index is 2.08. The Kier molecular flexibility index (Phi) is 5.31. The number of anilines is 1. The number of rotatable bonds is 4. The van der Waals surface area contributed by atoms with Crippen molar-refractivity contribution in [2.24, 2.45) is 5.73 Å². The van der Waals surface area contributed by atoms with Crippen LogP contribution in [-0.4, -0.2) is 11.9 Å². The van der Waals surface area contributed by atoms with Gasteiger partial charge in [-0.1, -0.05) is 12.1 Å². The molecule has 0 heterocycles. The van der Waals surface area contributed by atoms with Crippen LogP contribution in [0.1, 0.15) is 34.5 Å². The molecule has 0 fully saturated rings. The Morgan fingerprint density at radius 1 is 1.08 bits per heavy atom. The van der Waals surface area contributed by atoms with Gasteiger partial charge in [0.1, 0.15) is 0 Å². The zero-order chi connectivity index (χ0) is 18.6. The SMILES string of the molecule is C[C@@H](NC(=O)c1ccc(NC(N)=O)cc1)c1cccc(C(F)(F)F)c1. The second kappa shape index (κ2) is 7.25. The highest BCUT2D eigenvalue weighted by Gasteiger charge is 2.30. The lowest BCUT2D eigenvalue weighted by Crippen LogP contribution is -2.27. The molecule has 3 amide bonds. The average Bonchev–Trinajstić information content (AvgIpc) is 2.54. The van der Waals surface area contributed by atoms with Crippen molar-refractivity contribution in [3.05, 3.63) is 65.2 Å². The van der Waals surface area contributed by atoms with Crippen LogP contribution in [0.4, 0.5) is 23.7 Å². The predicted octanol–water partition coefficient (Wildman–Crippen LogP) is 3.69. The Hall–Kier alpha value is -3.03. The largest absolute Gasteiger partial charge is 0.416 e. The first kappa shape index (κ1) is 18.3. The maximum Gasteiger partial charge on any atom is 0.416 e. The standard InChI is InChI=1S/C17H16F3N3O2/c1-10(12-3-2-4-13(9-12)17(18,19)20)22-15(24)11-5-7-14(8-6-11)23-16(21)25/h2-10H,1H3,(H,22,24)(H3,21,23,25)/t10-/m1/s1. The zero-order valence-electron chi connectivity index (χ0n) is 13.2. The number of carbonyl (C=O) groups excluding carboxylic acids is 2. The van der Waals surface area contributed by atoms with Crippen LogP contribution in [0.25, 0.3) is 0 Å². The summed E-state index contributed by atoms with van der Waals surface area (Å²) in [6.07, 6.45) is -4.44. The molecule has 0 saturated heterocycles. The molecule has 2 aromatic rings. The summed E-state index contributed by atoms with van der Waals surface area (Å²) in [5.41, 5.74) is 5.28. The Morgan fingerprint density at radius 2 is 1.72 bits per heavy atom. The second-order valence-electron chi connectivity index (χ2n) is 5.38. The molecule has 132 valence electrons. The maximum atomic E-state index is 12.8. The van der Waals surface area contributed by atoms with E-state index in [1.807, 2.05) is 0 Å². The van der Waals surface area contributed by atoms with E-state index < -0.39 is 29.7 Å². The Bertz CT molecular complexity index is 773. The van der Waals surface area contributed by atoms with Gasteiger partial charge in [0.05, 0.1) is 11.6 Å². The third kappa shape index (κ3) is 4.97. The molecule has 0 aliphatic carbocycles. The number of amides is 3. The summed E-state index contributed by atoms with van der Waals surface area (Å²) in [4.78, 5) is 22.9. The monoisotopic (exact) mass is 351 g/mol. The Morgan fingerprint density at radius 3 is 2.28 bits per heavy atom. The lowest BCUT2D eigenvalue weighted by atomic mass is 10.0. The molecular formula is C17H16F3N3O2. The van der Waals surface area contributed by atoms with Crippen LogP contribution >= 0.6 is 0 Å². The van der Waals surface area contributed by atoms with Crippen LogP contribution in [0.5, 0.6) is 0 Å². The summed E-state index contributed by atoms with van der Waals surface area (Å²) in [7, 11) is 0. The first-order chi connectivity index (χ1) is 11.7. The van der Waals surface area contributed by atoms with Crippen LogP contribution in [0.2, 0.25) is 0 Å². The number of benzene rings is 2. The minimum absolute atomic E-state index is 0.300. The van der Waals surface area contributed by atoms with Crippen LogP contribution in [0, 0.1) is 0 Å². The van der Waals surface area contributed by atoms with E-state index in [4.69, 9.17) is 5.73 Å². The smallest absolute Gasteiger partial charge is 0.351 e. The van der Waals surface area contributed by atoms with Gasteiger partial charge >= 0.3 is 12.2 Å². The van der Waals surface area contributed by atoms with E-state index in [2.05, 4.69) is 10.6 Å². The minimum Gasteiger partial charge on any atom is -0.351 e. The topological polar surface area (TPSA) is 84.2 Å². The molecule has 4 N–H and O–H groups in total. The number of halogens is 3. The molecule has 0 saturated carbocycles. The van der Waals surface area contributed by atoms with Gasteiger partial charge in [0.15, 0.2) is 0 Å². The number of hydrogen-bond donors (Lipinski definition) is 3. The first-order valence-electron chi connectivity index (χ1n) is 7.31. The Labute approximate surface area is 142 Å². The number of urea groups is 1. The summed E-state index contributed by atoms with van der Waals surface area (Å²) in [6.45, 7) is 1.59. The van der Waals surface area contributed by atoms with Gasteiger partial charge in [0, 0.05) is 11.3 Å². The second-order valence-corrected chi connectivity index (χ2v) is 5.38. The van der Waals surface area contributed by atoms with Crippen molar-refractivity contribution in [2.75, 3.05) is 5.32 Å². The van der Waals surface area contributed by atoms with Crippen LogP contribution in [0.3, 0.4) is 0 Å². The molecule has 1 atom stereocenters. The molecule has 0 bridgehead atoms. The number of carbonyl (C=O) groups is 2. The predicted molar refractivity (Wildman–Crippen MR) is 87.0 cm³/mol. The lowest BCUT2D eigenvalue weighted by molar-refractivity contribution is -0.137. The quantitative estimate of drug-likeness (QED) is 0.785. The fourth-order valence-corrected chi connectivity index (χ4v) is 2.19. The van der Waals surface area contributed by atoms with Gasteiger partial charge in [-0.25, -0.2) is 4.79 Å². The van der Waals surface area contributed by atoms with Crippen molar-refractivity contribution in [3.8, 4) is 0 Å². The third-order valence-corrected chi connectivity index (χ3v) is 3.48. The van der Waals surface area contributed by atoms with Crippen molar-refractivity contribution in [3.63, 3.8) is 0 Å². The molecule has 0 unspecified atom stereocenters. The molecule has 2 aromatic carbocycles. The van der Waals surface area contributed by atoms with E-state index in [9.17, 15) is 22.8 Å². The molecule has 0 spiro atoms. The van der Waals surface area contributed by atoms with Crippen molar-refractivity contribution in [1.82, 2.24) is 5.32 Å². The number of nitrogens with two attached hydrogens (primary N) is 1. The lowest BCUT2D eigenvalue weighted by Gasteiger charge is -2.16. The van der Waals surface area contributed by atoms with Crippen molar-refractivity contribution in [2.45, 2.75) is 19.1 Å². The highest BCUT2D eigenvalue weighted by atomic mass is 19.4. The summed E-state index contributed by atoms with van der Waals surface area (Å²) >= 11 is 0. The van der Waals surface area contributed by atoms with Gasteiger partial charge in [-0.2, -0.15) is 13.2 Å². The van der Waals surface area contributed by atoms with Gasteiger partial charge in [-0.15, -0.1) is 0 Å². The zero-order valence-corrected chi connectivity index (χ0v) is 13.2. The molecule has 5 nitrogen and oxygen atoms in total. The van der Waals surface area contributed by atoms with Gasteiger partial charge in [-0.05, 0) is 48.9 Å². The van der Waals surface area contributed by atoms with Crippen LogP contribution in [0.15, 0.2) is 48.5 Å². The first-order valence-corrected chi connectivity index (χ1v) is 7.31. The summed E-state index contributed by atoms with van der Waals surface area (Å²) in [5.74, 6) is -0.449. The van der Waals surface area contributed by atoms with E-state index >= 15 is 0 Å². The van der Waals surface area contributed by atoms with E-state index in [0.717, 1.165) is 12.1 Å². The molecular weight excluding hydrogens is 335 g/mol. The van der Waals surface area contributed by atoms with E-state index in [1.165, 1.54) is 36.4 Å². The van der Waals surface area contributed by atoms with Gasteiger partial charge in [-0.3, -0.25) is 4.79 Å². The number of primary amides is 1. The van der Waals surface area contributed by atoms with Crippen molar-refractivity contribution < 1.29 is 22.8 Å². The van der Waals surface area contributed by atoms with Crippen molar-refractivity contribution >= 4 is 17.6 Å². The number of nitrogens with one attached hydrogen (secondary N) is 2. The summed E-state index contributed by atoms with van der Waals surface area (Å²) in [6, 6.07) is 9.38. The molecule has 0 aromatic heterocycles. The minimum atomic E-state index is -4.44. The van der Waals surface area contributed by atoms with Gasteiger partial charge < -0.3 is 16.4 Å². The van der Waals surface area contributed by atoms with Gasteiger partial charge in [0.25, 0.3) is 5.91 Å². The fraction of sp³-hybridized carbons (Fsp3) is 0.176. The fourth-order valence-electron chi connectivity index (χ4n) is 2.19. The number of hydrogen-bond acceptors (Lipinski definition) is 2. The van der Waals surface area contributed by atoms with E-state index in [1.54, 1.807) is 6.92 Å². The normalized spacial score (nSPS) is 12.3. The van der Waals surface area contributed by atoms with Crippen molar-refractivity contribution in [1.29, 1.82) is 0 Å². The summed E-state index contributed by atoms with van der Waals surface area (Å²) < 4.78 is 38.3.